The fourth-order valence-electron chi connectivity index (χ4n) is 1.70. The van der Waals surface area contributed by atoms with Crippen LogP contribution < -0.4 is 10.6 Å². The average molecular weight is 245 g/mol. The third-order valence-electron chi connectivity index (χ3n) is 2.96. The number of anilines is 2. The van der Waals surface area contributed by atoms with Gasteiger partial charge in [-0.3, -0.25) is 14.5 Å². The van der Waals surface area contributed by atoms with Crippen molar-refractivity contribution in [3.05, 3.63) is 35.9 Å². The Labute approximate surface area is 105 Å². The van der Waals surface area contributed by atoms with Crippen molar-refractivity contribution in [1.82, 2.24) is 14.8 Å². The summed E-state index contributed by atoms with van der Waals surface area (Å²) in [6.07, 6.45) is 4.69. The molecule has 0 aromatic carbocycles. The molecule has 2 rings (SSSR count). The van der Waals surface area contributed by atoms with Gasteiger partial charge in [-0.15, -0.1) is 0 Å². The van der Waals surface area contributed by atoms with Gasteiger partial charge in [0.2, 0.25) is 0 Å². The van der Waals surface area contributed by atoms with Crippen LogP contribution in [-0.4, -0.2) is 27.7 Å². The number of aromatic nitrogens is 3. The van der Waals surface area contributed by atoms with Crippen LogP contribution in [0.3, 0.4) is 0 Å². The van der Waals surface area contributed by atoms with Gasteiger partial charge in [0.25, 0.3) is 5.91 Å². The van der Waals surface area contributed by atoms with Crippen LogP contribution in [0, 0.1) is 6.92 Å². The standard InChI is InChI=1S/C12H15N5O/c1-8-9(6-15-17(8)3)12(18)16(2)11-4-5-14-7-10(11)13/h4-7H,13H2,1-3H3. The van der Waals surface area contributed by atoms with Gasteiger partial charge >= 0.3 is 0 Å². The van der Waals surface area contributed by atoms with E-state index in [-0.39, 0.29) is 5.91 Å². The molecule has 2 heterocycles. The van der Waals surface area contributed by atoms with E-state index in [2.05, 4.69) is 10.1 Å². The van der Waals surface area contributed by atoms with Crippen molar-refractivity contribution in [2.75, 3.05) is 17.7 Å². The lowest BCUT2D eigenvalue weighted by atomic mass is 10.2. The molecule has 0 radical (unpaired) electrons. The predicted octanol–water partition coefficient (Wildman–Crippen LogP) is 0.982. The largest absolute Gasteiger partial charge is 0.396 e. The lowest BCUT2D eigenvalue weighted by Crippen LogP contribution is -2.27. The molecule has 0 aliphatic rings. The first-order valence-electron chi connectivity index (χ1n) is 5.48. The summed E-state index contributed by atoms with van der Waals surface area (Å²) in [5, 5.41) is 4.06. The Balaban J connectivity index is 2.35. The topological polar surface area (TPSA) is 77.0 Å². The number of carbonyl (C=O) groups excluding carboxylic acids is 1. The maximum Gasteiger partial charge on any atom is 0.261 e. The molecule has 0 aliphatic heterocycles. The van der Waals surface area contributed by atoms with Crippen molar-refractivity contribution >= 4 is 17.3 Å². The summed E-state index contributed by atoms with van der Waals surface area (Å²) in [5.74, 6) is -0.140. The van der Waals surface area contributed by atoms with E-state index in [9.17, 15) is 4.79 Å². The molecule has 0 atom stereocenters. The van der Waals surface area contributed by atoms with E-state index in [4.69, 9.17) is 5.73 Å². The summed E-state index contributed by atoms with van der Waals surface area (Å²) in [7, 11) is 3.48. The highest BCUT2D eigenvalue weighted by Gasteiger charge is 2.19. The van der Waals surface area contributed by atoms with Crippen LogP contribution in [0.15, 0.2) is 24.7 Å². The van der Waals surface area contributed by atoms with E-state index in [0.717, 1.165) is 5.69 Å². The Kier molecular flexibility index (Phi) is 3.01. The molecule has 0 unspecified atom stereocenters. The summed E-state index contributed by atoms with van der Waals surface area (Å²) in [6.45, 7) is 1.85. The highest BCUT2D eigenvalue weighted by molar-refractivity contribution is 6.07. The van der Waals surface area contributed by atoms with Crippen molar-refractivity contribution in [1.29, 1.82) is 0 Å². The monoisotopic (exact) mass is 245 g/mol. The van der Waals surface area contributed by atoms with Crippen molar-refractivity contribution in [2.45, 2.75) is 6.92 Å². The highest BCUT2D eigenvalue weighted by atomic mass is 16.2. The van der Waals surface area contributed by atoms with Gasteiger partial charge in [-0.25, -0.2) is 0 Å². The first-order valence-corrected chi connectivity index (χ1v) is 5.48. The second-order valence-electron chi connectivity index (χ2n) is 4.07. The average Bonchev–Trinajstić information content (AvgIpc) is 2.69. The quantitative estimate of drug-likeness (QED) is 0.855. The molecule has 0 fully saturated rings. The number of aryl methyl sites for hydroxylation is 1. The van der Waals surface area contributed by atoms with Crippen LogP contribution >= 0.6 is 0 Å². The maximum absolute atomic E-state index is 12.3. The Morgan fingerprint density at radius 1 is 1.44 bits per heavy atom. The van der Waals surface area contributed by atoms with E-state index in [0.29, 0.717) is 16.9 Å². The molecule has 18 heavy (non-hydrogen) atoms. The van der Waals surface area contributed by atoms with Gasteiger partial charge in [-0.05, 0) is 13.0 Å². The zero-order valence-corrected chi connectivity index (χ0v) is 10.6. The molecule has 6 nitrogen and oxygen atoms in total. The lowest BCUT2D eigenvalue weighted by Gasteiger charge is -2.18. The second kappa shape index (κ2) is 4.48. The smallest absolute Gasteiger partial charge is 0.261 e. The minimum Gasteiger partial charge on any atom is -0.396 e. The van der Waals surface area contributed by atoms with Gasteiger partial charge in [0.05, 0.1) is 29.3 Å². The van der Waals surface area contributed by atoms with E-state index >= 15 is 0 Å². The van der Waals surface area contributed by atoms with Crippen molar-refractivity contribution in [3.63, 3.8) is 0 Å². The molecule has 2 aromatic heterocycles. The number of pyridine rings is 1. The predicted molar refractivity (Wildman–Crippen MR) is 69.3 cm³/mol. The summed E-state index contributed by atoms with van der Waals surface area (Å²) < 4.78 is 1.66. The fraction of sp³-hybridized carbons (Fsp3) is 0.250. The van der Waals surface area contributed by atoms with E-state index in [1.54, 1.807) is 37.2 Å². The Bertz CT molecular complexity index is 590. The number of hydrogen-bond donors (Lipinski definition) is 1. The number of carbonyl (C=O) groups is 1. The number of nitrogen functional groups attached to an aromatic ring is 1. The van der Waals surface area contributed by atoms with Crippen LogP contribution in [0.1, 0.15) is 16.1 Å². The van der Waals surface area contributed by atoms with Gasteiger partial charge in [-0.2, -0.15) is 5.10 Å². The number of rotatable bonds is 2. The zero-order chi connectivity index (χ0) is 13.3. The van der Waals surface area contributed by atoms with Crippen molar-refractivity contribution < 1.29 is 4.79 Å². The molecule has 0 saturated heterocycles. The summed E-state index contributed by atoms with van der Waals surface area (Å²) in [4.78, 5) is 17.7. The van der Waals surface area contributed by atoms with Gasteiger partial charge in [-0.1, -0.05) is 0 Å². The SMILES string of the molecule is Cc1c(C(=O)N(C)c2ccncc2N)cnn1C. The first kappa shape index (κ1) is 12.1. The van der Waals surface area contributed by atoms with Crippen LogP contribution in [0.2, 0.25) is 0 Å². The fourth-order valence-corrected chi connectivity index (χ4v) is 1.70. The lowest BCUT2D eigenvalue weighted by molar-refractivity contribution is 0.0992. The Morgan fingerprint density at radius 3 is 2.72 bits per heavy atom. The van der Waals surface area contributed by atoms with Gasteiger partial charge in [0.15, 0.2) is 0 Å². The number of nitrogens with zero attached hydrogens (tertiary/aromatic N) is 4. The van der Waals surface area contributed by atoms with Crippen LogP contribution in [-0.2, 0) is 7.05 Å². The molecule has 2 aromatic rings. The minimum atomic E-state index is -0.140. The van der Waals surface area contributed by atoms with E-state index < -0.39 is 0 Å². The molecule has 0 aliphatic carbocycles. The second-order valence-corrected chi connectivity index (χ2v) is 4.07. The normalized spacial score (nSPS) is 10.4. The third kappa shape index (κ3) is 1.92. The number of amides is 1. The third-order valence-corrected chi connectivity index (χ3v) is 2.96. The first-order chi connectivity index (χ1) is 8.52. The van der Waals surface area contributed by atoms with E-state index in [1.165, 1.54) is 11.1 Å². The summed E-state index contributed by atoms with van der Waals surface area (Å²) >= 11 is 0. The Morgan fingerprint density at radius 2 is 2.17 bits per heavy atom. The summed E-state index contributed by atoms with van der Waals surface area (Å²) in [6, 6.07) is 1.71. The molecule has 0 saturated carbocycles. The van der Waals surface area contributed by atoms with Gasteiger partial charge in [0, 0.05) is 26.0 Å². The van der Waals surface area contributed by atoms with Crippen molar-refractivity contribution in [2.24, 2.45) is 7.05 Å². The highest BCUT2D eigenvalue weighted by Crippen LogP contribution is 2.22. The van der Waals surface area contributed by atoms with Gasteiger partial charge in [0.1, 0.15) is 0 Å². The molecule has 94 valence electrons. The maximum atomic E-state index is 12.3. The molecular formula is C12H15N5O. The molecular weight excluding hydrogens is 230 g/mol. The van der Waals surface area contributed by atoms with Gasteiger partial charge < -0.3 is 10.6 Å². The molecule has 1 amide bonds. The molecule has 2 N–H and O–H groups in total. The number of hydrogen-bond acceptors (Lipinski definition) is 4. The van der Waals surface area contributed by atoms with Crippen LogP contribution in [0.4, 0.5) is 11.4 Å². The molecule has 6 heteroatoms. The van der Waals surface area contributed by atoms with Crippen molar-refractivity contribution in [3.8, 4) is 0 Å². The molecule has 0 spiro atoms. The van der Waals surface area contributed by atoms with E-state index in [1.807, 2.05) is 6.92 Å². The van der Waals surface area contributed by atoms with Crippen LogP contribution in [0.25, 0.3) is 0 Å². The number of nitrogens with two attached hydrogens (primary N) is 1. The van der Waals surface area contributed by atoms with Crippen LogP contribution in [0.5, 0.6) is 0 Å². The minimum absolute atomic E-state index is 0.140. The Hall–Kier alpha value is -2.37. The zero-order valence-electron chi connectivity index (χ0n) is 10.6. The summed E-state index contributed by atoms with van der Waals surface area (Å²) in [5.41, 5.74) is 8.29. The molecule has 0 bridgehead atoms.